The zero-order valence-electron chi connectivity index (χ0n) is 14.2. The molecule has 0 N–H and O–H groups in total. The van der Waals surface area contributed by atoms with E-state index in [0.29, 0.717) is 35.6 Å². The molecule has 2 aromatic heterocycles. The summed E-state index contributed by atoms with van der Waals surface area (Å²) >= 11 is 0. The van der Waals surface area contributed by atoms with Gasteiger partial charge in [0.05, 0.1) is 4.92 Å². The van der Waals surface area contributed by atoms with E-state index in [9.17, 15) is 10.1 Å². The van der Waals surface area contributed by atoms with Gasteiger partial charge in [0.15, 0.2) is 5.82 Å². The number of nitrogens with zero attached hydrogens (tertiary/aromatic N) is 6. The Hall–Kier alpha value is -2.45. The van der Waals surface area contributed by atoms with Gasteiger partial charge in [0.25, 0.3) is 0 Å². The number of piperidine rings is 1. The summed E-state index contributed by atoms with van der Waals surface area (Å²) in [5.41, 5.74) is 0.671. The second-order valence-electron chi connectivity index (χ2n) is 6.24. The summed E-state index contributed by atoms with van der Waals surface area (Å²) in [6.07, 6.45) is 3.30. The van der Waals surface area contributed by atoms with Gasteiger partial charge in [-0.3, -0.25) is 10.1 Å². The van der Waals surface area contributed by atoms with Crippen LogP contribution in [-0.2, 0) is 19.9 Å². The third-order valence-corrected chi connectivity index (χ3v) is 4.44. The van der Waals surface area contributed by atoms with Gasteiger partial charge >= 0.3 is 5.69 Å². The fraction of sp³-hybridized carbons (Fsp3) is 0.667. The molecular formula is C15H22N6O3. The zero-order chi connectivity index (χ0) is 17.3. The summed E-state index contributed by atoms with van der Waals surface area (Å²) in [5.74, 6) is 2.21. The normalized spacial score (nSPS) is 18.1. The molecule has 24 heavy (non-hydrogen) atoms. The van der Waals surface area contributed by atoms with E-state index in [2.05, 4.69) is 20.1 Å². The standard InChI is InChI=1S/C15H22N6O3/c1-4-12-14(21(22)23)15(19(3)17-12)20-7-5-6-11(9-20)8-13-16-10(2)24-18-13/h11H,4-9H2,1-3H3/t11-/m1/s1. The van der Waals surface area contributed by atoms with Gasteiger partial charge < -0.3 is 9.42 Å². The maximum atomic E-state index is 11.5. The minimum Gasteiger partial charge on any atom is -0.351 e. The molecule has 1 aliphatic rings. The van der Waals surface area contributed by atoms with Crippen molar-refractivity contribution in [3.8, 4) is 0 Å². The average Bonchev–Trinajstić information content (AvgIpc) is 3.10. The highest BCUT2D eigenvalue weighted by Crippen LogP contribution is 2.34. The Bertz CT molecular complexity index is 738. The van der Waals surface area contributed by atoms with Crippen molar-refractivity contribution in [3.63, 3.8) is 0 Å². The number of hydrogen-bond acceptors (Lipinski definition) is 7. The SMILES string of the molecule is CCc1nn(C)c(N2CCC[C@H](Cc3noc(C)n3)C2)c1[N+](=O)[O-]. The van der Waals surface area contributed by atoms with Crippen molar-refractivity contribution in [3.05, 3.63) is 27.5 Å². The van der Waals surface area contributed by atoms with Gasteiger partial charge in [0.2, 0.25) is 11.7 Å². The fourth-order valence-electron chi connectivity index (χ4n) is 3.44. The number of anilines is 1. The lowest BCUT2D eigenvalue weighted by molar-refractivity contribution is -0.384. The van der Waals surface area contributed by atoms with Crippen molar-refractivity contribution in [2.45, 2.75) is 39.5 Å². The Kier molecular flexibility index (Phi) is 4.50. The molecule has 0 aliphatic carbocycles. The molecule has 9 heteroatoms. The number of hydrogen-bond donors (Lipinski definition) is 0. The Morgan fingerprint density at radius 3 is 2.88 bits per heavy atom. The molecule has 0 amide bonds. The molecular weight excluding hydrogens is 312 g/mol. The Morgan fingerprint density at radius 2 is 2.25 bits per heavy atom. The van der Waals surface area contributed by atoms with Crippen LogP contribution in [0.2, 0.25) is 0 Å². The average molecular weight is 334 g/mol. The quantitative estimate of drug-likeness (QED) is 0.609. The molecule has 0 aromatic carbocycles. The van der Waals surface area contributed by atoms with Gasteiger partial charge in [-0.25, -0.2) is 4.68 Å². The van der Waals surface area contributed by atoms with E-state index in [1.165, 1.54) is 0 Å². The van der Waals surface area contributed by atoms with Crippen molar-refractivity contribution in [1.82, 2.24) is 19.9 Å². The lowest BCUT2D eigenvalue weighted by atomic mass is 9.94. The lowest BCUT2D eigenvalue weighted by Crippen LogP contribution is -2.37. The highest BCUT2D eigenvalue weighted by molar-refractivity contribution is 5.61. The minimum absolute atomic E-state index is 0.135. The van der Waals surface area contributed by atoms with Crippen LogP contribution in [0.1, 0.15) is 37.2 Å². The summed E-state index contributed by atoms with van der Waals surface area (Å²) in [6.45, 7) is 5.19. The van der Waals surface area contributed by atoms with Crippen LogP contribution in [-0.4, -0.2) is 37.9 Å². The van der Waals surface area contributed by atoms with Gasteiger partial charge in [-0.05, 0) is 25.2 Å². The van der Waals surface area contributed by atoms with Crippen LogP contribution in [0.4, 0.5) is 11.5 Å². The van der Waals surface area contributed by atoms with Gasteiger partial charge in [-0.15, -0.1) is 0 Å². The van der Waals surface area contributed by atoms with Crippen molar-refractivity contribution in [2.75, 3.05) is 18.0 Å². The number of rotatable bonds is 5. The van der Waals surface area contributed by atoms with Gasteiger partial charge in [0.1, 0.15) is 5.69 Å². The lowest BCUT2D eigenvalue weighted by Gasteiger charge is -2.33. The molecule has 1 saturated heterocycles. The van der Waals surface area contributed by atoms with Crippen LogP contribution in [0, 0.1) is 23.0 Å². The third-order valence-electron chi connectivity index (χ3n) is 4.44. The highest BCUT2D eigenvalue weighted by Gasteiger charge is 2.32. The van der Waals surface area contributed by atoms with Crippen LogP contribution in [0.25, 0.3) is 0 Å². The molecule has 3 rings (SSSR count). The van der Waals surface area contributed by atoms with E-state index in [4.69, 9.17) is 4.52 Å². The second kappa shape index (κ2) is 6.58. The second-order valence-corrected chi connectivity index (χ2v) is 6.24. The third kappa shape index (κ3) is 3.10. The maximum Gasteiger partial charge on any atom is 0.334 e. The number of aromatic nitrogens is 4. The van der Waals surface area contributed by atoms with E-state index >= 15 is 0 Å². The minimum atomic E-state index is -0.312. The fourth-order valence-corrected chi connectivity index (χ4v) is 3.44. The van der Waals surface area contributed by atoms with E-state index in [1.807, 2.05) is 6.92 Å². The first-order valence-electron chi connectivity index (χ1n) is 8.24. The van der Waals surface area contributed by atoms with Crippen LogP contribution < -0.4 is 4.90 Å². The van der Waals surface area contributed by atoms with Crippen LogP contribution >= 0.6 is 0 Å². The number of aryl methyl sites for hydroxylation is 3. The maximum absolute atomic E-state index is 11.5. The van der Waals surface area contributed by atoms with E-state index in [-0.39, 0.29) is 10.6 Å². The Balaban J connectivity index is 1.82. The van der Waals surface area contributed by atoms with Crippen molar-refractivity contribution >= 4 is 11.5 Å². The van der Waals surface area contributed by atoms with Crippen LogP contribution in [0.15, 0.2) is 4.52 Å². The number of nitro groups is 1. The summed E-state index contributed by atoms with van der Waals surface area (Å²) in [4.78, 5) is 17.5. The van der Waals surface area contributed by atoms with Gasteiger partial charge in [-0.1, -0.05) is 12.1 Å². The molecule has 3 heterocycles. The van der Waals surface area contributed by atoms with Crippen molar-refractivity contribution in [2.24, 2.45) is 13.0 Å². The molecule has 0 spiro atoms. The molecule has 0 saturated carbocycles. The molecule has 1 atom stereocenters. The summed E-state index contributed by atoms with van der Waals surface area (Å²) < 4.78 is 6.66. The highest BCUT2D eigenvalue weighted by atomic mass is 16.6. The van der Waals surface area contributed by atoms with E-state index < -0.39 is 0 Å². The molecule has 1 aliphatic heterocycles. The molecule has 9 nitrogen and oxygen atoms in total. The predicted octanol–water partition coefficient (Wildman–Crippen LogP) is 2.04. The smallest absolute Gasteiger partial charge is 0.334 e. The van der Waals surface area contributed by atoms with Crippen LogP contribution in [0.5, 0.6) is 0 Å². The first kappa shape index (κ1) is 16.4. The first-order chi connectivity index (χ1) is 11.5. The van der Waals surface area contributed by atoms with Crippen LogP contribution in [0.3, 0.4) is 0 Å². The van der Waals surface area contributed by atoms with Gasteiger partial charge in [0, 0.05) is 33.5 Å². The predicted molar refractivity (Wildman–Crippen MR) is 86.9 cm³/mol. The van der Waals surface area contributed by atoms with E-state index in [0.717, 1.165) is 32.4 Å². The van der Waals surface area contributed by atoms with Gasteiger partial charge in [-0.2, -0.15) is 10.1 Å². The summed E-state index contributed by atoms with van der Waals surface area (Å²) in [5, 5.41) is 19.8. The molecule has 0 bridgehead atoms. The summed E-state index contributed by atoms with van der Waals surface area (Å²) in [6, 6.07) is 0. The largest absolute Gasteiger partial charge is 0.351 e. The van der Waals surface area contributed by atoms with Crippen molar-refractivity contribution in [1.29, 1.82) is 0 Å². The zero-order valence-corrected chi connectivity index (χ0v) is 14.2. The first-order valence-corrected chi connectivity index (χ1v) is 8.24. The Labute approximate surface area is 139 Å². The Morgan fingerprint density at radius 1 is 1.46 bits per heavy atom. The molecule has 0 unspecified atom stereocenters. The summed E-state index contributed by atoms with van der Waals surface area (Å²) in [7, 11) is 1.77. The monoisotopic (exact) mass is 334 g/mol. The van der Waals surface area contributed by atoms with Crippen molar-refractivity contribution < 1.29 is 9.45 Å². The molecule has 0 radical (unpaired) electrons. The molecule has 130 valence electrons. The van der Waals surface area contributed by atoms with E-state index in [1.54, 1.807) is 18.7 Å². The molecule has 2 aromatic rings. The topological polar surface area (TPSA) is 103 Å². The molecule has 1 fully saturated rings.